The van der Waals surface area contributed by atoms with Crippen molar-refractivity contribution < 1.29 is 15.2 Å². The molecule has 3 heteroatoms. The zero-order valence-corrected chi connectivity index (χ0v) is 4.64. The summed E-state index contributed by atoms with van der Waals surface area (Å²) >= 11 is 0. The highest BCUT2D eigenvalue weighted by Gasteiger charge is 1.79. The van der Waals surface area contributed by atoms with E-state index in [0.29, 0.717) is 13.4 Å². The van der Waals surface area contributed by atoms with Gasteiger partial charge in [0.25, 0.3) is 0 Å². The molecule has 0 heterocycles. The molecule has 0 rings (SSSR count). The average molecular weight is 106 g/mol. The van der Waals surface area contributed by atoms with Crippen LogP contribution in [0.1, 0.15) is 0 Å². The molecule has 0 saturated heterocycles. The van der Waals surface area contributed by atoms with Crippen LogP contribution >= 0.6 is 0 Å². The summed E-state index contributed by atoms with van der Waals surface area (Å²) in [7, 11) is 1.60. The van der Waals surface area contributed by atoms with Gasteiger partial charge < -0.3 is 15.2 Å². The van der Waals surface area contributed by atoms with Crippen molar-refractivity contribution >= 4 is 0 Å². The first kappa shape index (κ1) is 6.88. The molecule has 0 atom stereocenters. The Morgan fingerprint density at radius 2 is 2.29 bits per heavy atom. The molecule has 3 nitrogen and oxygen atoms in total. The lowest BCUT2D eigenvalue weighted by atomic mass is 10.7. The molecule has 0 fully saturated rings. The number of ether oxygens (including phenoxy) is 2. The van der Waals surface area contributed by atoms with E-state index >= 15 is 0 Å². The Morgan fingerprint density at radius 3 is 2.71 bits per heavy atom. The van der Waals surface area contributed by atoms with Gasteiger partial charge in [-0.3, -0.25) is 0 Å². The summed E-state index contributed by atoms with van der Waals surface area (Å²) in [5.74, 6) is 0. The normalized spacial score (nSPS) is 9.43. The first-order valence-electron chi connectivity index (χ1n) is 2.27. The van der Waals surface area contributed by atoms with Crippen molar-refractivity contribution in [2.75, 3.05) is 27.1 Å². The van der Waals surface area contributed by atoms with Crippen molar-refractivity contribution in [3.63, 3.8) is 0 Å². The Hall–Kier alpha value is -0.120. The molecule has 0 aliphatic heterocycles. The lowest BCUT2D eigenvalue weighted by molar-refractivity contribution is -0.375. The van der Waals surface area contributed by atoms with E-state index in [2.05, 4.69) is 10.5 Å². The van der Waals surface area contributed by atoms with Crippen LogP contribution in [-0.4, -0.2) is 27.1 Å². The van der Waals surface area contributed by atoms with E-state index in [4.69, 9.17) is 4.74 Å². The van der Waals surface area contributed by atoms with Crippen molar-refractivity contribution in [1.29, 1.82) is 0 Å². The van der Waals surface area contributed by atoms with Crippen LogP contribution in [0.3, 0.4) is 0 Å². The van der Waals surface area contributed by atoms with E-state index in [9.17, 15) is 0 Å². The lowest BCUT2D eigenvalue weighted by Crippen LogP contribution is -2.52. The first-order valence-corrected chi connectivity index (χ1v) is 2.27. The quantitative estimate of drug-likeness (QED) is 0.363. The highest BCUT2D eigenvalue weighted by molar-refractivity contribution is 4.14. The van der Waals surface area contributed by atoms with Crippen molar-refractivity contribution in [2.45, 2.75) is 0 Å². The summed E-state index contributed by atoms with van der Waals surface area (Å²) in [4.78, 5) is 0. The highest BCUT2D eigenvalue weighted by Crippen LogP contribution is 1.68. The second-order valence-corrected chi connectivity index (χ2v) is 1.17. The van der Waals surface area contributed by atoms with Gasteiger partial charge in [0.2, 0.25) is 0 Å². The van der Waals surface area contributed by atoms with E-state index in [0.717, 1.165) is 6.54 Å². The van der Waals surface area contributed by atoms with Gasteiger partial charge in [0.1, 0.15) is 6.79 Å². The molecule has 7 heavy (non-hydrogen) atoms. The van der Waals surface area contributed by atoms with Gasteiger partial charge in [-0.1, -0.05) is 0 Å². The predicted molar refractivity (Wildman–Crippen MR) is 25.6 cm³/mol. The van der Waals surface area contributed by atoms with E-state index in [1.54, 1.807) is 7.11 Å². The maximum atomic E-state index is 4.85. The van der Waals surface area contributed by atoms with Gasteiger partial charge in [0, 0.05) is 7.11 Å². The number of quaternary nitrogens is 1. The van der Waals surface area contributed by atoms with Crippen LogP contribution in [-0.2, 0) is 9.47 Å². The molecule has 0 saturated carbocycles. The molecule has 0 aromatic rings. The van der Waals surface area contributed by atoms with Crippen molar-refractivity contribution in [1.82, 2.24) is 0 Å². The third kappa shape index (κ3) is 5.88. The Balaban J connectivity index is 2.45. The van der Waals surface area contributed by atoms with E-state index in [1.165, 1.54) is 0 Å². The highest BCUT2D eigenvalue weighted by atomic mass is 16.7. The van der Waals surface area contributed by atoms with E-state index < -0.39 is 0 Å². The lowest BCUT2D eigenvalue weighted by Gasteiger charge is -1.95. The molecule has 0 radical (unpaired) electrons. The maximum Gasteiger partial charge on any atom is 0.146 e. The summed E-state index contributed by atoms with van der Waals surface area (Å²) in [5, 5.41) is 0. The molecule has 0 aromatic carbocycles. The standard InChI is InChI=1S/C4H11NO2/c1-6-4-7-3-2-5/h2-5H2,1H3/p+1. The van der Waals surface area contributed by atoms with Crippen LogP contribution in [0, 0.1) is 0 Å². The minimum absolute atomic E-state index is 0.384. The smallest absolute Gasteiger partial charge is 0.146 e. The van der Waals surface area contributed by atoms with Gasteiger partial charge in [-0.05, 0) is 0 Å². The molecule has 0 bridgehead atoms. The molecular weight excluding hydrogens is 94.0 g/mol. The largest absolute Gasteiger partial charge is 0.359 e. The van der Waals surface area contributed by atoms with Gasteiger partial charge in [0.05, 0.1) is 13.2 Å². The third-order valence-electron chi connectivity index (χ3n) is 0.490. The zero-order valence-electron chi connectivity index (χ0n) is 4.64. The number of hydrogen-bond donors (Lipinski definition) is 1. The molecule has 3 N–H and O–H groups in total. The van der Waals surface area contributed by atoms with Crippen molar-refractivity contribution in [3.8, 4) is 0 Å². The fraction of sp³-hybridized carbons (Fsp3) is 1.00. The minimum Gasteiger partial charge on any atom is -0.359 e. The van der Waals surface area contributed by atoms with Gasteiger partial charge in [0.15, 0.2) is 0 Å². The third-order valence-corrected chi connectivity index (χ3v) is 0.490. The van der Waals surface area contributed by atoms with Crippen molar-refractivity contribution in [2.24, 2.45) is 0 Å². The summed E-state index contributed by atoms with van der Waals surface area (Å²) in [6.45, 7) is 1.88. The number of rotatable bonds is 4. The van der Waals surface area contributed by atoms with Crippen LogP contribution in [0.25, 0.3) is 0 Å². The molecular formula is C4H12NO2+. The van der Waals surface area contributed by atoms with Gasteiger partial charge in [-0.15, -0.1) is 0 Å². The fourth-order valence-electron chi connectivity index (χ4n) is 0.244. The summed E-state index contributed by atoms with van der Waals surface area (Å²) in [6, 6.07) is 0. The molecule has 0 amide bonds. The summed E-state index contributed by atoms with van der Waals surface area (Å²) in [5.41, 5.74) is 3.58. The number of methoxy groups -OCH3 is 1. The molecule has 0 aliphatic rings. The van der Waals surface area contributed by atoms with E-state index in [1.807, 2.05) is 0 Å². The second kappa shape index (κ2) is 5.88. The molecule has 0 unspecified atom stereocenters. The van der Waals surface area contributed by atoms with Crippen LogP contribution < -0.4 is 5.73 Å². The Bertz CT molecular complexity index is 28.9. The van der Waals surface area contributed by atoms with Crippen molar-refractivity contribution in [3.05, 3.63) is 0 Å². The maximum absolute atomic E-state index is 4.85. The molecule has 0 spiro atoms. The predicted octanol–water partition coefficient (Wildman–Crippen LogP) is -1.15. The van der Waals surface area contributed by atoms with Crippen LogP contribution in [0.5, 0.6) is 0 Å². The number of hydrogen-bond acceptors (Lipinski definition) is 2. The minimum atomic E-state index is 0.384. The van der Waals surface area contributed by atoms with E-state index in [-0.39, 0.29) is 0 Å². The summed E-state index contributed by atoms with van der Waals surface area (Å²) < 4.78 is 9.44. The SMILES string of the molecule is COCOCC[NH3+]. The first-order chi connectivity index (χ1) is 3.41. The Morgan fingerprint density at radius 1 is 1.57 bits per heavy atom. The van der Waals surface area contributed by atoms with Crippen LogP contribution in [0.15, 0.2) is 0 Å². The monoisotopic (exact) mass is 106 g/mol. The topological polar surface area (TPSA) is 46.1 Å². The van der Waals surface area contributed by atoms with Crippen LogP contribution in [0.2, 0.25) is 0 Å². The molecule has 0 aromatic heterocycles. The Labute approximate surface area is 43.4 Å². The fourth-order valence-corrected chi connectivity index (χ4v) is 0.244. The van der Waals surface area contributed by atoms with Crippen LogP contribution in [0.4, 0.5) is 0 Å². The van der Waals surface area contributed by atoms with Gasteiger partial charge >= 0.3 is 0 Å². The zero-order chi connectivity index (χ0) is 5.54. The Kier molecular flexibility index (Phi) is 5.78. The molecule has 44 valence electrons. The molecule has 0 aliphatic carbocycles. The second-order valence-electron chi connectivity index (χ2n) is 1.17. The van der Waals surface area contributed by atoms with Gasteiger partial charge in [-0.25, -0.2) is 0 Å². The summed E-state index contributed by atoms with van der Waals surface area (Å²) in [6.07, 6.45) is 0. The average Bonchev–Trinajstić information content (AvgIpc) is 1.69. The van der Waals surface area contributed by atoms with Gasteiger partial charge in [-0.2, -0.15) is 0 Å².